The summed E-state index contributed by atoms with van der Waals surface area (Å²) in [6.45, 7) is 0.185. The largest absolute Gasteiger partial charge is 0.449 e. The van der Waals surface area contributed by atoms with Crippen LogP contribution in [0.25, 0.3) is 11.0 Å². The second-order valence-corrected chi connectivity index (χ2v) is 9.47. The number of pyridine rings is 1. The second kappa shape index (κ2) is 8.87. The van der Waals surface area contributed by atoms with Crippen molar-refractivity contribution >= 4 is 32.6 Å². The zero-order valence-corrected chi connectivity index (χ0v) is 18.8. The van der Waals surface area contributed by atoms with Gasteiger partial charge in [-0.1, -0.05) is 24.3 Å². The molecule has 0 aliphatic rings. The Morgan fingerprint density at radius 2 is 1.76 bits per heavy atom. The van der Waals surface area contributed by atoms with Crippen LogP contribution in [0.1, 0.15) is 26.5 Å². The quantitative estimate of drug-likeness (QED) is 0.470. The van der Waals surface area contributed by atoms with E-state index in [2.05, 4.69) is 10.3 Å². The Kier molecular flexibility index (Phi) is 5.97. The third-order valence-electron chi connectivity index (χ3n) is 5.05. The van der Waals surface area contributed by atoms with Gasteiger partial charge in [0, 0.05) is 32.2 Å². The van der Waals surface area contributed by atoms with Crippen molar-refractivity contribution in [1.29, 1.82) is 0 Å². The van der Waals surface area contributed by atoms with Crippen LogP contribution in [0.2, 0.25) is 0 Å². The minimum Gasteiger partial charge on any atom is -0.449 e. The number of nitrogens with zero attached hydrogens (tertiary/aromatic N) is 2. The number of nitrogens with one attached hydrogen (secondary N) is 1. The summed E-state index contributed by atoms with van der Waals surface area (Å²) in [5.74, 6) is -0.617. The predicted molar refractivity (Wildman–Crippen MR) is 122 cm³/mol. The lowest BCUT2D eigenvalue weighted by atomic mass is 10.2. The average Bonchev–Trinajstić information content (AvgIpc) is 3.27. The molecule has 0 aliphatic carbocycles. The number of furan rings is 1. The van der Waals surface area contributed by atoms with Gasteiger partial charge in [0.1, 0.15) is 0 Å². The standard InChI is InChI=1S/C24H21N3O5S/c1-27(2)24(29)19-5-3-4-6-22(19)33(30,31)18-9-7-16(8-10-18)14-26-23(28)20-13-17-11-12-25-15-21(17)32-20/h3-13,15H,14H2,1-2H3,(H,26,28). The zero-order valence-electron chi connectivity index (χ0n) is 18.0. The number of carbonyl (C=O) groups excluding carboxylic acids is 2. The molecular formula is C24H21N3O5S. The molecule has 33 heavy (non-hydrogen) atoms. The number of hydrogen-bond donors (Lipinski definition) is 1. The number of rotatable bonds is 6. The summed E-state index contributed by atoms with van der Waals surface area (Å²) in [7, 11) is -0.777. The monoisotopic (exact) mass is 463 g/mol. The van der Waals surface area contributed by atoms with Gasteiger partial charge in [-0.2, -0.15) is 0 Å². The summed E-state index contributed by atoms with van der Waals surface area (Å²) in [6, 6.07) is 15.7. The van der Waals surface area contributed by atoms with E-state index in [1.54, 1.807) is 56.7 Å². The maximum Gasteiger partial charge on any atom is 0.287 e. The lowest BCUT2D eigenvalue weighted by molar-refractivity contribution is 0.0823. The van der Waals surface area contributed by atoms with E-state index in [9.17, 15) is 18.0 Å². The number of benzene rings is 2. The Morgan fingerprint density at radius 1 is 1.03 bits per heavy atom. The Labute approximate surface area is 190 Å². The number of amides is 2. The van der Waals surface area contributed by atoms with E-state index in [1.165, 1.54) is 35.4 Å². The van der Waals surface area contributed by atoms with Crippen molar-refractivity contribution in [2.45, 2.75) is 16.3 Å². The average molecular weight is 464 g/mol. The molecule has 2 aromatic carbocycles. The van der Waals surface area contributed by atoms with E-state index >= 15 is 0 Å². The Morgan fingerprint density at radius 3 is 2.45 bits per heavy atom. The highest BCUT2D eigenvalue weighted by Gasteiger charge is 2.25. The van der Waals surface area contributed by atoms with Crippen LogP contribution >= 0.6 is 0 Å². The Hall–Kier alpha value is -3.98. The number of aromatic nitrogens is 1. The summed E-state index contributed by atoms with van der Waals surface area (Å²) in [5.41, 5.74) is 1.34. The van der Waals surface area contributed by atoms with Gasteiger partial charge in [0.25, 0.3) is 11.8 Å². The molecule has 4 rings (SSSR count). The van der Waals surface area contributed by atoms with E-state index in [0.29, 0.717) is 11.1 Å². The summed E-state index contributed by atoms with van der Waals surface area (Å²) in [5, 5.41) is 3.53. The van der Waals surface area contributed by atoms with Crippen LogP contribution in [0.3, 0.4) is 0 Å². The molecule has 0 saturated heterocycles. The van der Waals surface area contributed by atoms with Crippen molar-refractivity contribution in [3.8, 4) is 0 Å². The molecule has 9 heteroatoms. The van der Waals surface area contributed by atoms with Crippen LogP contribution in [0.15, 0.2) is 87.3 Å². The second-order valence-electron chi connectivity index (χ2n) is 7.55. The Balaban J connectivity index is 1.50. The molecule has 0 spiro atoms. The van der Waals surface area contributed by atoms with E-state index < -0.39 is 15.7 Å². The highest BCUT2D eigenvalue weighted by Crippen LogP contribution is 2.25. The Bertz CT molecular complexity index is 1410. The minimum absolute atomic E-state index is 0.0517. The van der Waals surface area contributed by atoms with Gasteiger partial charge in [-0.25, -0.2) is 8.42 Å². The fraction of sp³-hybridized carbons (Fsp3) is 0.125. The molecule has 0 radical (unpaired) electrons. The van der Waals surface area contributed by atoms with Crippen LogP contribution in [0.4, 0.5) is 0 Å². The first kappa shape index (κ1) is 22.2. The number of hydrogen-bond acceptors (Lipinski definition) is 6. The molecule has 4 aromatic rings. The van der Waals surface area contributed by atoms with Crippen molar-refractivity contribution < 1.29 is 22.4 Å². The molecule has 0 atom stereocenters. The molecular weight excluding hydrogens is 442 g/mol. The van der Waals surface area contributed by atoms with Gasteiger partial charge in [0.05, 0.1) is 21.6 Å². The summed E-state index contributed by atoms with van der Waals surface area (Å²) >= 11 is 0. The van der Waals surface area contributed by atoms with Gasteiger partial charge >= 0.3 is 0 Å². The van der Waals surface area contributed by atoms with Crippen molar-refractivity contribution in [2.24, 2.45) is 0 Å². The van der Waals surface area contributed by atoms with Gasteiger partial charge in [-0.15, -0.1) is 0 Å². The van der Waals surface area contributed by atoms with Crippen LogP contribution < -0.4 is 5.32 Å². The molecule has 0 saturated carbocycles. The molecule has 2 heterocycles. The molecule has 0 bridgehead atoms. The molecule has 2 aromatic heterocycles. The first-order valence-corrected chi connectivity index (χ1v) is 11.5. The SMILES string of the molecule is CN(C)C(=O)c1ccccc1S(=O)(=O)c1ccc(CNC(=O)c2cc3ccncc3o2)cc1. The highest BCUT2D eigenvalue weighted by atomic mass is 32.2. The fourth-order valence-electron chi connectivity index (χ4n) is 3.30. The van der Waals surface area contributed by atoms with E-state index in [4.69, 9.17) is 4.42 Å². The van der Waals surface area contributed by atoms with Crippen molar-refractivity contribution in [2.75, 3.05) is 14.1 Å². The predicted octanol–water partition coefficient (Wildman–Crippen LogP) is 3.29. The highest BCUT2D eigenvalue weighted by molar-refractivity contribution is 7.91. The van der Waals surface area contributed by atoms with Crippen LogP contribution in [-0.2, 0) is 16.4 Å². The van der Waals surface area contributed by atoms with Gasteiger partial charge in [0.2, 0.25) is 9.84 Å². The van der Waals surface area contributed by atoms with Crippen molar-refractivity contribution in [3.05, 3.63) is 89.9 Å². The summed E-state index contributed by atoms with van der Waals surface area (Å²) in [6.07, 6.45) is 3.15. The summed E-state index contributed by atoms with van der Waals surface area (Å²) < 4.78 is 31.8. The fourth-order valence-corrected chi connectivity index (χ4v) is 4.75. The maximum absolute atomic E-state index is 13.2. The van der Waals surface area contributed by atoms with Crippen LogP contribution in [0, 0.1) is 0 Å². The van der Waals surface area contributed by atoms with Crippen LogP contribution in [-0.4, -0.2) is 44.2 Å². The zero-order chi connectivity index (χ0) is 23.6. The minimum atomic E-state index is -3.91. The smallest absolute Gasteiger partial charge is 0.287 e. The number of carbonyl (C=O) groups is 2. The van der Waals surface area contributed by atoms with Crippen LogP contribution in [0.5, 0.6) is 0 Å². The van der Waals surface area contributed by atoms with Crippen molar-refractivity contribution in [3.63, 3.8) is 0 Å². The maximum atomic E-state index is 13.2. The molecule has 0 unspecified atom stereocenters. The van der Waals surface area contributed by atoms with Crippen molar-refractivity contribution in [1.82, 2.24) is 15.2 Å². The summed E-state index contributed by atoms with van der Waals surface area (Å²) in [4.78, 5) is 30.1. The molecule has 0 aliphatic heterocycles. The van der Waals surface area contributed by atoms with Gasteiger partial charge in [-0.3, -0.25) is 14.6 Å². The lowest BCUT2D eigenvalue weighted by Crippen LogP contribution is -2.24. The molecule has 0 fully saturated rings. The third kappa shape index (κ3) is 4.49. The molecule has 168 valence electrons. The van der Waals surface area contributed by atoms with Gasteiger partial charge in [0.15, 0.2) is 11.3 Å². The van der Waals surface area contributed by atoms with E-state index in [1.807, 2.05) is 0 Å². The number of sulfone groups is 1. The van der Waals surface area contributed by atoms with E-state index in [-0.39, 0.29) is 33.6 Å². The van der Waals surface area contributed by atoms with Gasteiger partial charge < -0.3 is 14.6 Å². The van der Waals surface area contributed by atoms with Gasteiger partial charge in [-0.05, 0) is 42.0 Å². The first-order chi connectivity index (χ1) is 15.8. The number of fused-ring (bicyclic) bond motifs is 1. The first-order valence-electron chi connectivity index (χ1n) is 10.0. The lowest BCUT2D eigenvalue weighted by Gasteiger charge is -2.14. The molecule has 8 nitrogen and oxygen atoms in total. The third-order valence-corrected chi connectivity index (χ3v) is 6.87. The van der Waals surface area contributed by atoms with E-state index in [0.717, 1.165) is 5.39 Å². The molecule has 1 N–H and O–H groups in total. The normalized spacial score (nSPS) is 11.3. The topological polar surface area (TPSA) is 110 Å². The molecule has 2 amide bonds.